The van der Waals surface area contributed by atoms with Gasteiger partial charge in [-0.1, -0.05) is 32.1 Å². The monoisotopic (exact) mass is 225 g/mol. The third-order valence-corrected chi connectivity index (χ3v) is 4.12. The van der Waals surface area contributed by atoms with Crippen molar-refractivity contribution in [2.24, 2.45) is 0 Å². The predicted octanol–water partition coefficient (Wildman–Crippen LogP) is 2.65. The molecule has 2 aliphatic rings. The summed E-state index contributed by atoms with van der Waals surface area (Å²) in [6.07, 6.45) is 11.0. The van der Waals surface area contributed by atoms with Crippen molar-refractivity contribution < 1.29 is 9.90 Å². The molecule has 0 aromatic carbocycles. The smallest absolute Gasteiger partial charge is 0.320 e. The minimum absolute atomic E-state index is 0.190. The molecule has 2 rings (SSSR count). The van der Waals surface area contributed by atoms with Gasteiger partial charge in [0.05, 0.1) is 0 Å². The van der Waals surface area contributed by atoms with Gasteiger partial charge in [-0.3, -0.25) is 9.69 Å². The molecule has 1 unspecified atom stereocenters. The summed E-state index contributed by atoms with van der Waals surface area (Å²) < 4.78 is 0. The van der Waals surface area contributed by atoms with E-state index < -0.39 is 5.97 Å². The standard InChI is InChI=1S/C13H23NO2/c15-13(16)12-9-6-10-14(12)11-7-4-2-1-3-5-8-11/h11-12H,1-10H2,(H,15,16). The lowest BCUT2D eigenvalue weighted by atomic mass is 9.95. The van der Waals surface area contributed by atoms with Crippen LogP contribution in [0.15, 0.2) is 0 Å². The minimum Gasteiger partial charge on any atom is -0.480 e. The van der Waals surface area contributed by atoms with E-state index in [0.717, 1.165) is 19.4 Å². The first-order valence-electron chi connectivity index (χ1n) is 6.77. The van der Waals surface area contributed by atoms with E-state index >= 15 is 0 Å². The summed E-state index contributed by atoms with van der Waals surface area (Å²) in [6.45, 7) is 1.00. The van der Waals surface area contributed by atoms with Crippen molar-refractivity contribution in [2.75, 3.05) is 6.54 Å². The highest BCUT2D eigenvalue weighted by Gasteiger charge is 2.34. The van der Waals surface area contributed by atoms with E-state index in [4.69, 9.17) is 0 Å². The Balaban J connectivity index is 1.95. The van der Waals surface area contributed by atoms with Crippen LogP contribution >= 0.6 is 0 Å². The average molecular weight is 225 g/mol. The van der Waals surface area contributed by atoms with Crippen molar-refractivity contribution in [3.05, 3.63) is 0 Å². The van der Waals surface area contributed by atoms with Gasteiger partial charge in [-0.05, 0) is 32.2 Å². The zero-order chi connectivity index (χ0) is 11.4. The van der Waals surface area contributed by atoms with Crippen LogP contribution in [0.25, 0.3) is 0 Å². The summed E-state index contributed by atoms with van der Waals surface area (Å²) in [6, 6.07) is 0.355. The molecule has 1 atom stereocenters. The molecule has 16 heavy (non-hydrogen) atoms. The molecule has 1 N–H and O–H groups in total. The van der Waals surface area contributed by atoms with E-state index in [-0.39, 0.29) is 6.04 Å². The van der Waals surface area contributed by atoms with Gasteiger partial charge >= 0.3 is 5.97 Å². The Kier molecular flexibility index (Phi) is 4.22. The number of carboxylic acids is 1. The van der Waals surface area contributed by atoms with Crippen molar-refractivity contribution in [2.45, 2.75) is 69.9 Å². The highest BCUT2D eigenvalue weighted by Crippen LogP contribution is 2.28. The van der Waals surface area contributed by atoms with Crippen LogP contribution in [0.4, 0.5) is 0 Å². The van der Waals surface area contributed by atoms with Gasteiger partial charge < -0.3 is 5.11 Å². The Morgan fingerprint density at radius 1 is 0.938 bits per heavy atom. The molecule has 0 radical (unpaired) electrons. The van der Waals surface area contributed by atoms with Crippen LogP contribution in [0.3, 0.4) is 0 Å². The fourth-order valence-electron chi connectivity index (χ4n) is 3.26. The number of carboxylic acid groups (broad SMARTS) is 1. The van der Waals surface area contributed by atoms with E-state index in [0.29, 0.717) is 6.04 Å². The van der Waals surface area contributed by atoms with Crippen LogP contribution in [0.5, 0.6) is 0 Å². The van der Waals surface area contributed by atoms with Crippen molar-refractivity contribution in [3.63, 3.8) is 0 Å². The number of nitrogens with zero attached hydrogens (tertiary/aromatic N) is 1. The predicted molar refractivity (Wildman–Crippen MR) is 63.5 cm³/mol. The molecule has 0 bridgehead atoms. The summed E-state index contributed by atoms with van der Waals surface area (Å²) in [4.78, 5) is 13.4. The van der Waals surface area contributed by atoms with Crippen molar-refractivity contribution >= 4 is 5.97 Å². The molecule has 3 nitrogen and oxygen atoms in total. The highest BCUT2D eigenvalue weighted by atomic mass is 16.4. The normalized spacial score (nSPS) is 29.9. The largest absolute Gasteiger partial charge is 0.480 e. The molecule has 3 heteroatoms. The van der Waals surface area contributed by atoms with Crippen LogP contribution in [0.1, 0.15) is 57.8 Å². The maximum absolute atomic E-state index is 11.2. The zero-order valence-electron chi connectivity index (χ0n) is 10.0. The Morgan fingerprint density at radius 3 is 2.19 bits per heavy atom. The van der Waals surface area contributed by atoms with Gasteiger partial charge in [0, 0.05) is 6.04 Å². The number of hydrogen-bond acceptors (Lipinski definition) is 2. The van der Waals surface area contributed by atoms with Crippen LogP contribution in [-0.2, 0) is 4.79 Å². The Bertz CT molecular complexity index is 234. The summed E-state index contributed by atoms with van der Waals surface area (Å²) in [7, 11) is 0. The molecule has 1 aliphatic heterocycles. The fraction of sp³-hybridized carbons (Fsp3) is 0.923. The van der Waals surface area contributed by atoms with Gasteiger partial charge in [0.25, 0.3) is 0 Å². The molecular weight excluding hydrogens is 202 g/mol. The van der Waals surface area contributed by atoms with Gasteiger partial charge in [0.15, 0.2) is 0 Å². The van der Waals surface area contributed by atoms with Crippen LogP contribution < -0.4 is 0 Å². The van der Waals surface area contributed by atoms with Crippen molar-refractivity contribution in [1.82, 2.24) is 4.90 Å². The second kappa shape index (κ2) is 5.67. The third kappa shape index (κ3) is 2.76. The van der Waals surface area contributed by atoms with Gasteiger partial charge in [-0.15, -0.1) is 0 Å². The molecule has 0 aromatic rings. The molecule has 0 amide bonds. The Hall–Kier alpha value is -0.570. The molecule has 1 heterocycles. The number of likely N-dealkylation sites (tertiary alicyclic amines) is 1. The summed E-state index contributed by atoms with van der Waals surface area (Å²) in [5, 5.41) is 9.20. The molecule has 1 saturated carbocycles. The van der Waals surface area contributed by atoms with Crippen LogP contribution in [-0.4, -0.2) is 34.6 Å². The lowest BCUT2D eigenvalue weighted by molar-refractivity contribution is -0.143. The summed E-state index contributed by atoms with van der Waals surface area (Å²) >= 11 is 0. The number of carbonyl (C=O) groups is 1. The second-order valence-electron chi connectivity index (χ2n) is 5.23. The molecule has 1 aliphatic carbocycles. The second-order valence-corrected chi connectivity index (χ2v) is 5.23. The summed E-state index contributed by atoms with van der Waals surface area (Å²) in [5.41, 5.74) is 0. The van der Waals surface area contributed by atoms with Gasteiger partial charge in [0.1, 0.15) is 6.04 Å². The third-order valence-electron chi connectivity index (χ3n) is 4.12. The molecule has 0 spiro atoms. The van der Waals surface area contributed by atoms with E-state index in [1.807, 2.05) is 0 Å². The number of aliphatic carboxylic acids is 1. The van der Waals surface area contributed by atoms with Crippen molar-refractivity contribution in [1.29, 1.82) is 0 Å². The zero-order valence-corrected chi connectivity index (χ0v) is 10.0. The molecule has 2 fully saturated rings. The average Bonchev–Trinajstić information content (AvgIpc) is 2.65. The van der Waals surface area contributed by atoms with Gasteiger partial charge in [-0.25, -0.2) is 0 Å². The topological polar surface area (TPSA) is 40.5 Å². The molecule has 92 valence electrons. The van der Waals surface area contributed by atoms with Gasteiger partial charge in [0.2, 0.25) is 0 Å². The maximum Gasteiger partial charge on any atom is 0.320 e. The lowest BCUT2D eigenvalue weighted by Gasteiger charge is -2.32. The van der Waals surface area contributed by atoms with E-state index in [1.165, 1.54) is 44.9 Å². The maximum atomic E-state index is 11.2. The Labute approximate surface area is 97.8 Å². The summed E-state index contributed by atoms with van der Waals surface area (Å²) in [5.74, 6) is -0.612. The first kappa shape index (κ1) is 11.9. The molecule has 0 aromatic heterocycles. The van der Waals surface area contributed by atoms with E-state index in [9.17, 15) is 9.90 Å². The lowest BCUT2D eigenvalue weighted by Crippen LogP contribution is -2.43. The first-order chi connectivity index (χ1) is 7.79. The van der Waals surface area contributed by atoms with Crippen molar-refractivity contribution in [3.8, 4) is 0 Å². The number of hydrogen-bond donors (Lipinski definition) is 1. The van der Waals surface area contributed by atoms with Gasteiger partial charge in [-0.2, -0.15) is 0 Å². The highest BCUT2D eigenvalue weighted by molar-refractivity contribution is 5.73. The number of rotatable bonds is 2. The quantitative estimate of drug-likeness (QED) is 0.785. The van der Waals surface area contributed by atoms with Crippen LogP contribution in [0.2, 0.25) is 0 Å². The first-order valence-corrected chi connectivity index (χ1v) is 6.77. The van der Waals surface area contributed by atoms with E-state index in [2.05, 4.69) is 4.90 Å². The molecule has 1 saturated heterocycles. The van der Waals surface area contributed by atoms with Crippen LogP contribution in [0, 0.1) is 0 Å². The molecular formula is C13H23NO2. The Morgan fingerprint density at radius 2 is 1.56 bits per heavy atom. The van der Waals surface area contributed by atoms with E-state index in [1.54, 1.807) is 0 Å². The fourth-order valence-corrected chi connectivity index (χ4v) is 3.26. The SMILES string of the molecule is O=C(O)C1CCCN1C1CCCCCCC1. The minimum atomic E-state index is -0.612.